The van der Waals surface area contributed by atoms with E-state index < -0.39 is 11.9 Å². The summed E-state index contributed by atoms with van der Waals surface area (Å²) in [6.07, 6.45) is -0.609. The number of aliphatic hydroxyl groups excluding tert-OH is 1. The Morgan fingerprint density at radius 2 is 2.27 bits per heavy atom. The van der Waals surface area contributed by atoms with Gasteiger partial charge in [0.2, 0.25) is 0 Å². The zero-order valence-electron chi connectivity index (χ0n) is 8.75. The summed E-state index contributed by atoms with van der Waals surface area (Å²) in [6.45, 7) is 3.46. The Kier molecular flexibility index (Phi) is 3.80. The molecule has 1 aromatic carbocycles. The van der Waals surface area contributed by atoms with E-state index in [0.717, 1.165) is 0 Å². The van der Waals surface area contributed by atoms with Gasteiger partial charge in [0.05, 0.1) is 6.10 Å². The van der Waals surface area contributed by atoms with E-state index in [1.54, 1.807) is 19.9 Å². The summed E-state index contributed by atoms with van der Waals surface area (Å²) in [4.78, 5) is 11.5. The summed E-state index contributed by atoms with van der Waals surface area (Å²) in [5.41, 5.74) is 1.01. The molecule has 0 bridgehead atoms. The largest absolute Gasteiger partial charge is 0.392 e. The van der Waals surface area contributed by atoms with E-state index in [9.17, 15) is 9.18 Å². The summed E-state index contributed by atoms with van der Waals surface area (Å²) in [7, 11) is 0. The molecule has 0 aliphatic rings. The van der Waals surface area contributed by atoms with Gasteiger partial charge in [-0.3, -0.25) is 4.79 Å². The molecule has 82 valence electrons. The first-order valence-corrected chi connectivity index (χ1v) is 4.73. The van der Waals surface area contributed by atoms with Crippen molar-refractivity contribution < 1.29 is 14.3 Å². The molecule has 15 heavy (non-hydrogen) atoms. The summed E-state index contributed by atoms with van der Waals surface area (Å²) in [5, 5.41) is 11.5. The van der Waals surface area contributed by atoms with E-state index in [1.807, 2.05) is 0 Å². The van der Waals surface area contributed by atoms with Crippen molar-refractivity contribution in [3.8, 4) is 0 Å². The quantitative estimate of drug-likeness (QED) is 0.790. The number of aryl methyl sites for hydroxylation is 1. The lowest BCUT2D eigenvalue weighted by Gasteiger charge is -2.09. The van der Waals surface area contributed by atoms with Gasteiger partial charge in [-0.2, -0.15) is 0 Å². The molecule has 0 aromatic heterocycles. The number of halogens is 1. The van der Waals surface area contributed by atoms with Crippen LogP contribution in [-0.2, 0) is 0 Å². The number of carbonyl (C=O) groups excluding carboxylic acids is 1. The monoisotopic (exact) mass is 211 g/mol. The molecule has 4 heteroatoms. The molecule has 1 rings (SSSR count). The van der Waals surface area contributed by atoms with Gasteiger partial charge in [0.15, 0.2) is 0 Å². The van der Waals surface area contributed by atoms with Gasteiger partial charge < -0.3 is 10.4 Å². The Morgan fingerprint density at radius 1 is 1.60 bits per heavy atom. The van der Waals surface area contributed by atoms with Gasteiger partial charge in [0, 0.05) is 12.1 Å². The Bertz CT molecular complexity index is 364. The number of aliphatic hydroxyl groups is 1. The SMILES string of the molecule is Cc1ccc(F)cc1C(=O)NC[C@H](C)O. The molecule has 0 fully saturated rings. The second kappa shape index (κ2) is 4.89. The number of rotatable bonds is 3. The number of hydrogen-bond donors (Lipinski definition) is 2. The molecule has 0 spiro atoms. The first kappa shape index (κ1) is 11.7. The van der Waals surface area contributed by atoms with E-state index in [0.29, 0.717) is 11.1 Å². The third kappa shape index (κ3) is 3.32. The topological polar surface area (TPSA) is 49.3 Å². The van der Waals surface area contributed by atoms with Crippen LogP contribution in [0.3, 0.4) is 0 Å². The fourth-order valence-electron chi connectivity index (χ4n) is 1.17. The highest BCUT2D eigenvalue weighted by Crippen LogP contribution is 2.09. The van der Waals surface area contributed by atoms with Gasteiger partial charge in [-0.25, -0.2) is 4.39 Å². The van der Waals surface area contributed by atoms with Crippen LogP contribution >= 0.6 is 0 Å². The van der Waals surface area contributed by atoms with E-state index >= 15 is 0 Å². The Balaban J connectivity index is 2.77. The van der Waals surface area contributed by atoms with Crippen molar-refractivity contribution in [1.82, 2.24) is 5.32 Å². The summed E-state index contributed by atoms with van der Waals surface area (Å²) < 4.78 is 12.9. The van der Waals surface area contributed by atoms with E-state index in [-0.39, 0.29) is 12.5 Å². The van der Waals surface area contributed by atoms with Crippen molar-refractivity contribution in [2.24, 2.45) is 0 Å². The third-order valence-corrected chi connectivity index (χ3v) is 2.00. The van der Waals surface area contributed by atoms with Crippen LogP contribution < -0.4 is 5.32 Å². The maximum Gasteiger partial charge on any atom is 0.251 e. The average molecular weight is 211 g/mol. The lowest BCUT2D eigenvalue weighted by molar-refractivity contribution is 0.0923. The van der Waals surface area contributed by atoms with Crippen molar-refractivity contribution in [2.45, 2.75) is 20.0 Å². The molecule has 2 N–H and O–H groups in total. The van der Waals surface area contributed by atoms with E-state index in [4.69, 9.17) is 5.11 Å². The molecule has 1 aromatic rings. The number of carbonyl (C=O) groups is 1. The zero-order chi connectivity index (χ0) is 11.4. The van der Waals surface area contributed by atoms with Crippen LogP contribution in [0.4, 0.5) is 4.39 Å². The van der Waals surface area contributed by atoms with E-state index in [2.05, 4.69) is 5.32 Å². The van der Waals surface area contributed by atoms with Crippen LogP contribution in [-0.4, -0.2) is 23.7 Å². The number of nitrogens with one attached hydrogen (secondary N) is 1. The van der Waals surface area contributed by atoms with Crippen LogP contribution in [0.25, 0.3) is 0 Å². The highest BCUT2D eigenvalue weighted by atomic mass is 19.1. The Labute approximate surface area is 87.9 Å². The molecular formula is C11H14FNO2. The lowest BCUT2D eigenvalue weighted by atomic mass is 10.1. The van der Waals surface area contributed by atoms with Gasteiger partial charge in [-0.1, -0.05) is 6.07 Å². The maximum atomic E-state index is 12.9. The molecule has 0 unspecified atom stereocenters. The summed E-state index contributed by atoms with van der Waals surface area (Å²) in [6, 6.07) is 4.04. The number of amides is 1. The molecule has 3 nitrogen and oxygen atoms in total. The van der Waals surface area contributed by atoms with Crippen molar-refractivity contribution in [2.75, 3.05) is 6.54 Å². The molecule has 0 saturated heterocycles. The lowest BCUT2D eigenvalue weighted by Crippen LogP contribution is -2.31. The van der Waals surface area contributed by atoms with Crippen LogP contribution in [0.1, 0.15) is 22.8 Å². The number of benzene rings is 1. The summed E-state index contributed by atoms with van der Waals surface area (Å²) in [5.74, 6) is -0.810. The van der Waals surface area contributed by atoms with Gasteiger partial charge >= 0.3 is 0 Å². The van der Waals surface area contributed by atoms with Crippen molar-refractivity contribution in [3.63, 3.8) is 0 Å². The maximum absolute atomic E-state index is 12.9. The smallest absolute Gasteiger partial charge is 0.251 e. The minimum Gasteiger partial charge on any atom is -0.392 e. The number of hydrogen-bond acceptors (Lipinski definition) is 2. The van der Waals surface area contributed by atoms with Crippen LogP contribution in [0.15, 0.2) is 18.2 Å². The Hall–Kier alpha value is -1.42. The van der Waals surface area contributed by atoms with Gasteiger partial charge in [-0.15, -0.1) is 0 Å². The first-order valence-electron chi connectivity index (χ1n) is 4.73. The van der Waals surface area contributed by atoms with Crippen molar-refractivity contribution in [1.29, 1.82) is 0 Å². The fourth-order valence-corrected chi connectivity index (χ4v) is 1.17. The van der Waals surface area contributed by atoms with Gasteiger partial charge in [0.25, 0.3) is 5.91 Å². The molecule has 0 aliphatic heterocycles. The Morgan fingerprint density at radius 3 is 2.87 bits per heavy atom. The molecule has 0 heterocycles. The fraction of sp³-hybridized carbons (Fsp3) is 0.364. The minimum absolute atomic E-state index is 0.161. The normalized spacial score (nSPS) is 12.3. The highest BCUT2D eigenvalue weighted by molar-refractivity contribution is 5.95. The molecule has 0 radical (unpaired) electrons. The minimum atomic E-state index is -0.609. The molecular weight excluding hydrogens is 197 g/mol. The van der Waals surface area contributed by atoms with Gasteiger partial charge in [-0.05, 0) is 31.5 Å². The molecule has 0 aliphatic carbocycles. The average Bonchev–Trinajstić information content (AvgIpc) is 2.18. The predicted molar refractivity (Wildman–Crippen MR) is 55.2 cm³/mol. The van der Waals surface area contributed by atoms with Crippen molar-refractivity contribution >= 4 is 5.91 Å². The molecule has 1 atom stereocenters. The molecule has 1 amide bonds. The van der Waals surface area contributed by atoms with Crippen LogP contribution in [0.2, 0.25) is 0 Å². The second-order valence-electron chi connectivity index (χ2n) is 3.52. The van der Waals surface area contributed by atoms with Gasteiger partial charge in [0.1, 0.15) is 5.82 Å². The second-order valence-corrected chi connectivity index (χ2v) is 3.52. The molecule has 0 saturated carbocycles. The predicted octanol–water partition coefficient (Wildman–Crippen LogP) is 1.24. The zero-order valence-corrected chi connectivity index (χ0v) is 8.75. The van der Waals surface area contributed by atoms with E-state index in [1.165, 1.54) is 12.1 Å². The standard InChI is InChI=1S/C11H14FNO2/c1-7-3-4-9(12)5-10(7)11(15)13-6-8(2)14/h3-5,8,14H,6H2,1-2H3,(H,13,15)/t8-/m0/s1. The van der Waals surface area contributed by atoms with Crippen molar-refractivity contribution in [3.05, 3.63) is 35.1 Å². The summed E-state index contributed by atoms with van der Waals surface area (Å²) >= 11 is 0. The van der Waals surface area contributed by atoms with Crippen LogP contribution in [0, 0.1) is 12.7 Å². The van der Waals surface area contributed by atoms with Crippen LogP contribution in [0.5, 0.6) is 0 Å². The third-order valence-electron chi connectivity index (χ3n) is 2.00. The highest BCUT2D eigenvalue weighted by Gasteiger charge is 2.10. The first-order chi connectivity index (χ1) is 7.00.